The van der Waals surface area contributed by atoms with Crippen molar-refractivity contribution in [2.75, 3.05) is 0 Å². The summed E-state index contributed by atoms with van der Waals surface area (Å²) in [6, 6.07) is 5.41. The van der Waals surface area contributed by atoms with Gasteiger partial charge in [0.1, 0.15) is 11.5 Å². The van der Waals surface area contributed by atoms with Crippen molar-refractivity contribution in [3.05, 3.63) is 57.4 Å². The largest absolute Gasteiger partial charge is 0.455 e. The van der Waals surface area contributed by atoms with E-state index in [4.69, 9.17) is 16.3 Å². The monoisotopic (exact) mass is 306 g/mol. The van der Waals surface area contributed by atoms with E-state index in [1.54, 1.807) is 6.92 Å². The number of carbonyl (C=O) groups excluding carboxylic acids is 1. The lowest BCUT2D eigenvalue weighted by Gasteiger charge is -2.09. The van der Waals surface area contributed by atoms with Crippen LogP contribution in [0, 0.1) is 10.1 Å². The summed E-state index contributed by atoms with van der Waals surface area (Å²) < 4.78 is 5.56. The van der Waals surface area contributed by atoms with Crippen LogP contribution >= 0.6 is 11.6 Å². The lowest BCUT2D eigenvalue weighted by atomic mass is 10.1. The Balaban J connectivity index is 2.42. The third kappa shape index (κ3) is 3.55. The second-order valence-electron chi connectivity index (χ2n) is 4.16. The molecule has 1 heterocycles. The molecule has 1 aromatic carbocycles. The number of halogens is 1. The first-order chi connectivity index (χ1) is 10.0. The summed E-state index contributed by atoms with van der Waals surface area (Å²) in [4.78, 5) is 26.0. The van der Waals surface area contributed by atoms with Gasteiger partial charge in [-0.25, -0.2) is 0 Å². The van der Waals surface area contributed by atoms with Crippen molar-refractivity contribution in [3.63, 3.8) is 0 Å². The van der Waals surface area contributed by atoms with E-state index in [2.05, 4.69) is 4.98 Å². The van der Waals surface area contributed by atoms with Gasteiger partial charge in [-0.3, -0.25) is 19.9 Å². The van der Waals surface area contributed by atoms with E-state index < -0.39 is 4.92 Å². The van der Waals surface area contributed by atoms with Gasteiger partial charge in [0, 0.05) is 30.8 Å². The van der Waals surface area contributed by atoms with Gasteiger partial charge >= 0.3 is 0 Å². The molecule has 0 atom stereocenters. The van der Waals surface area contributed by atoms with Crippen LogP contribution in [0.25, 0.3) is 0 Å². The van der Waals surface area contributed by atoms with E-state index in [1.165, 1.54) is 36.7 Å². The number of rotatable bonds is 5. The van der Waals surface area contributed by atoms with E-state index in [1.807, 2.05) is 0 Å². The third-order valence-corrected chi connectivity index (χ3v) is 2.91. The predicted molar refractivity (Wildman–Crippen MR) is 77.0 cm³/mol. The van der Waals surface area contributed by atoms with Crippen LogP contribution in [0.1, 0.15) is 23.7 Å². The van der Waals surface area contributed by atoms with E-state index in [0.29, 0.717) is 10.8 Å². The molecular formula is C14H11ClN2O4. The Bertz CT molecular complexity index is 703. The number of aromatic nitrogens is 1. The zero-order valence-corrected chi connectivity index (χ0v) is 11.8. The van der Waals surface area contributed by atoms with Crippen molar-refractivity contribution < 1.29 is 14.5 Å². The zero-order chi connectivity index (χ0) is 15.4. The number of nitro benzene ring substituents is 1. The zero-order valence-electron chi connectivity index (χ0n) is 11.1. The number of hydrogen-bond acceptors (Lipinski definition) is 5. The SMILES string of the molecule is CCC(=O)c1cc([N+](=O)[O-])ccc1Oc1cncc(Cl)c1. The normalized spacial score (nSPS) is 10.2. The topological polar surface area (TPSA) is 82.3 Å². The second kappa shape index (κ2) is 6.32. The van der Waals surface area contributed by atoms with Crippen molar-refractivity contribution >= 4 is 23.1 Å². The first-order valence-electron chi connectivity index (χ1n) is 6.11. The Labute approximate surface area is 125 Å². The summed E-state index contributed by atoms with van der Waals surface area (Å²) in [5.41, 5.74) is -0.00459. The van der Waals surface area contributed by atoms with Crippen LogP contribution in [-0.2, 0) is 0 Å². The standard InChI is InChI=1S/C14H11ClN2O4/c1-2-13(18)12-6-10(17(19)20)3-4-14(12)21-11-5-9(15)7-16-8-11/h3-8H,2H2,1H3. The smallest absolute Gasteiger partial charge is 0.270 e. The molecule has 1 aromatic heterocycles. The van der Waals surface area contributed by atoms with Crippen molar-refractivity contribution in [2.45, 2.75) is 13.3 Å². The number of non-ortho nitro benzene ring substituents is 1. The van der Waals surface area contributed by atoms with Crippen LogP contribution in [0.15, 0.2) is 36.7 Å². The van der Waals surface area contributed by atoms with Gasteiger partial charge in [-0.05, 0) is 6.07 Å². The van der Waals surface area contributed by atoms with Gasteiger partial charge in [-0.1, -0.05) is 18.5 Å². The Hall–Kier alpha value is -2.47. The summed E-state index contributed by atoms with van der Waals surface area (Å²) in [7, 11) is 0. The van der Waals surface area contributed by atoms with Crippen LogP contribution in [0.3, 0.4) is 0 Å². The number of hydrogen-bond donors (Lipinski definition) is 0. The molecular weight excluding hydrogens is 296 g/mol. The van der Waals surface area contributed by atoms with E-state index >= 15 is 0 Å². The molecule has 0 amide bonds. The molecule has 0 unspecified atom stereocenters. The van der Waals surface area contributed by atoms with Crippen LogP contribution in [-0.4, -0.2) is 15.7 Å². The molecule has 0 bridgehead atoms. The van der Waals surface area contributed by atoms with Crippen LogP contribution in [0.5, 0.6) is 11.5 Å². The van der Waals surface area contributed by atoms with Crippen LogP contribution in [0.2, 0.25) is 5.02 Å². The molecule has 0 radical (unpaired) electrons. The summed E-state index contributed by atoms with van der Waals surface area (Å²) >= 11 is 5.81. The maximum absolute atomic E-state index is 11.9. The maximum Gasteiger partial charge on any atom is 0.270 e. The molecule has 0 saturated heterocycles. The molecule has 0 N–H and O–H groups in total. The molecule has 6 nitrogen and oxygen atoms in total. The lowest BCUT2D eigenvalue weighted by Crippen LogP contribution is -2.02. The molecule has 0 spiro atoms. The maximum atomic E-state index is 11.9. The van der Waals surface area contributed by atoms with E-state index in [9.17, 15) is 14.9 Å². The second-order valence-corrected chi connectivity index (χ2v) is 4.59. The highest BCUT2D eigenvalue weighted by Gasteiger charge is 2.17. The number of nitro groups is 1. The molecule has 7 heteroatoms. The number of ketones is 1. The van der Waals surface area contributed by atoms with Gasteiger partial charge in [-0.2, -0.15) is 0 Å². The quantitative estimate of drug-likeness (QED) is 0.473. The molecule has 0 aliphatic carbocycles. The molecule has 0 aliphatic heterocycles. The molecule has 0 fully saturated rings. The Morgan fingerprint density at radius 2 is 2.14 bits per heavy atom. The highest BCUT2D eigenvalue weighted by atomic mass is 35.5. The van der Waals surface area contributed by atoms with E-state index in [-0.39, 0.29) is 29.2 Å². The Morgan fingerprint density at radius 1 is 1.38 bits per heavy atom. The van der Waals surface area contributed by atoms with Crippen LogP contribution < -0.4 is 4.74 Å². The fraction of sp³-hybridized carbons (Fsp3) is 0.143. The van der Waals surface area contributed by atoms with Gasteiger partial charge in [0.15, 0.2) is 5.78 Å². The highest BCUT2D eigenvalue weighted by Crippen LogP contribution is 2.30. The number of Topliss-reactive ketones (excluding diaryl/α,β-unsaturated/α-hetero) is 1. The van der Waals surface area contributed by atoms with Gasteiger partial charge in [0.05, 0.1) is 21.7 Å². The average Bonchev–Trinajstić information content (AvgIpc) is 2.46. The minimum atomic E-state index is -0.558. The molecule has 0 aliphatic rings. The summed E-state index contributed by atoms with van der Waals surface area (Å²) in [6.07, 6.45) is 3.10. The Morgan fingerprint density at radius 3 is 2.76 bits per heavy atom. The van der Waals surface area contributed by atoms with E-state index in [0.717, 1.165) is 0 Å². The third-order valence-electron chi connectivity index (χ3n) is 2.70. The molecule has 2 rings (SSSR count). The summed E-state index contributed by atoms with van der Waals surface area (Å²) in [5.74, 6) is 0.335. The van der Waals surface area contributed by atoms with Crippen molar-refractivity contribution in [3.8, 4) is 11.5 Å². The van der Waals surface area contributed by atoms with Crippen molar-refractivity contribution in [2.24, 2.45) is 0 Å². The molecule has 0 saturated carbocycles. The number of pyridine rings is 1. The predicted octanol–water partition coefficient (Wildman–Crippen LogP) is 4.03. The van der Waals surface area contributed by atoms with Crippen LogP contribution in [0.4, 0.5) is 5.69 Å². The number of nitrogens with zero attached hydrogens (tertiary/aromatic N) is 2. The lowest BCUT2D eigenvalue weighted by molar-refractivity contribution is -0.384. The summed E-state index contributed by atoms with van der Waals surface area (Å²) in [5, 5.41) is 11.2. The number of carbonyl (C=O) groups is 1. The molecule has 21 heavy (non-hydrogen) atoms. The first kappa shape index (κ1) is 14.9. The summed E-state index contributed by atoms with van der Waals surface area (Å²) in [6.45, 7) is 1.67. The molecule has 2 aromatic rings. The van der Waals surface area contributed by atoms with Crippen molar-refractivity contribution in [1.29, 1.82) is 0 Å². The molecule has 108 valence electrons. The van der Waals surface area contributed by atoms with Gasteiger partial charge in [-0.15, -0.1) is 0 Å². The minimum Gasteiger partial charge on any atom is -0.455 e. The average molecular weight is 307 g/mol. The fourth-order valence-electron chi connectivity index (χ4n) is 1.70. The van der Waals surface area contributed by atoms with Gasteiger partial charge in [0.2, 0.25) is 0 Å². The van der Waals surface area contributed by atoms with Crippen molar-refractivity contribution in [1.82, 2.24) is 4.98 Å². The highest BCUT2D eigenvalue weighted by molar-refractivity contribution is 6.30. The van der Waals surface area contributed by atoms with Gasteiger partial charge < -0.3 is 4.74 Å². The first-order valence-corrected chi connectivity index (χ1v) is 6.49. The fourth-order valence-corrected chi connectivity index (χ4v) is 1.87. The number of ether oxygens (including phenoxy) is 1. The minimum absolute atomic E-state index is 0.159. The Kier molecular flexibility index (Phi) is 4.49. The van der Waals surface area contributed by atoms with Gasteiger partial charge in [0.25, 0.3) is 5.69 Å². The number of benzene rings is 1.